The predicted octanol–water partition coefficient (Wildman–Crippen LogP) is 2.61. The minimum atomic E-state index is -0.645. The molecule has 7 nitrogen and oxygen atoms in total. The van der Waals surface area contributed by atoms with Crippen LogP contribution in [0.1, 0.15) is 29.7 Å². The molecule has 0 aliphatic carbocycles. The van der Waals surface area contributed by atoms with Gasteiger partial charge in [-0.05, 0) is 49.6 Å². The van der Waals surface area contributed by atoms with E-state index in [4.69, 9.17) is 9.47 Å². The summed E-state index contributed by atoms with van der Waals surface area (Å²) in [6.07, 6.45) is -0.645. The van der Waals surface area contributed by atoms with E-state index in [0.717, 1.165) is 11.3 Å². The summed E-state index contributed by atoms with van der Waals surface area (Å²) in [6.45, 7) is 8.83. The topological polar surface area (TPSA) is 71.1 Å². The van der Waals surface area contributed by atoms with Crippen molar-refractivity contribution in [2.75, 3.05) is 44.3 Å². The van der Waals surface area contributed by atoms with Crippen LogP contribution in [-0.2, 0) is 14.3 Å². The van der Waals surface area contributed by atoms with Gasteiger partial charge in [-0.15, -0.1) is 0 Å². The Morgan fingerprint density at radius 1 is 1.09 bits per heavy atom. The Morgan fingerprint density at radius 3 is 2.59 bits per heavy atom. The van der Waals surface area contributed by atoms with Crippen LogP contribution >= 0.6 is 0 Å². The van der Waals surface area contributed by atoms with Gasteiger partial charge < -0.3 is 24.6 Å². The van der Waals surface area contributed by atoms with Crippen molar-refractivity contribution in [3.8, 4) is 5.75 Å². The lowest BCUT2D eigenvalue weighted by Crippen LogP contribution is -2.54. The highest BCUT2D eigenvalue weighted by Crippen LogP contribution is 2.33. The van der Waals surface area contributed by atoms with Crippen LogP contribution in [0.2, 0.25) is 0 Å². The lowest BCUT2D eigenvalue weighted by molar-refractivity contribution is -0.142. The van der Waals surface area contributed by atoms with E-state index >= 15 is 0 Å². The molecule has 32 heavy (non-hydrogen) atoms. The zero-order chi connectivity index (χ0) is 22.7. The van der Waals surface area contributed by atoms with Gasteiger partial charge >= 0.3 is 0 Å². The van der Waals surface area contributed by atoms with Crippen LogP contribution in [0.3, 0.4) is 0 Å². The molecule has 7 heteroatoms. The number of anilines is 1. The van der Waals surface area contributed by atoms with Crippen molar-refractivity contribution in [1.82, 2.24) is 10.2 Å². The summed E-state index contributed by atoms with van der Waals surface area (Å²) in [6, 6.07) is 13.7. The molecule has 2 atom stereocenters. The Bertz CT molecular complexity index is 987. The van der Waals surface area contributed by atoms with E-state index in [9.17, 15) is 9.59 Å². The van der Waals surface area contributed by atoms with E-state index in [1.807, 2.05) is 42.2 Å². The number of hydrogen-bond donors (Lipinski definition) is 1. The fourth-order valence-corrected chi connectivity index (χ4v) is 4.15. The Labute approximate surface area is 189 Å². The molecule has 2 heterocycles. The van der Waals surface area contributed by atoms with Crippen molar-refractivity contribution in [3.63, 3.8) is 0 Å². The number of benzene rings is 2. The van der Waals surface area contributed by atoms with Gasteiger partial charge in [-0.3, -0.25) is 9.59 Å². The molecule has 2 aliphatic rings. The van der Waals surface area contributed by atoms with Crippen molar-refractivity contribution >= 4 is 17.5 Å². The van der Waals surface area contributed by atoms with Gasteiger partial charge in [0.2, 0.25) is 5.91 Å². The number of ether oxygens (including phenoxy) is 2. The molecule has 1 N–H and O–H groups in total. The van der Waals surface area contributed by atoms with Crippen LogP contribution in [-0.4, -0.2) is 62.2 Å². The van der Waals surface area contributed by atoms with Gasteiger partial charge in [-0.1, -0.05) is 30.3 Å². The second-order valence-electron chi connectivity index (χ2n) is 8.53. The van der Waals surface area contributed by atoms with Gasteiger partial charge in [0.25, 0.3) is 5.91 Å². The van der Waals surface area contributed by atoms with Crippen molar-refractivity contribution in [2.45, 2.75) is 32.9 Å². The van der Waals surface area contributed by atoms with Crippen LogP contribution in [0.15, 0.2) is 42.5 Å². The SMILES string of the molecule is Cc1ccc(C(C)NC(=O)CN2CC(C(=O)N3CCOCC3)Oc3ccccc32)cc1C. The number of hydrogen-bond acceptors (Lipinski definition) is 5. The standard InChI is InChI=1S/C25H31N3O4/c1-17-8-9-20(14-18(17)2)19(3)26-24(29)16-28-15-23(25(30)27-10-12-31-13-11-27)32-22-7-5-4-6-21(22)28/h4-9,14,19,23H,10-13,15-16H2,1-3H3,(H,26,29). The number of nitrogens with one attached hydrogen (secondary N) is 1. The summed E-state index contributed by atoms with van der Waals surface area (Å²) >= 11 is 0. The number of amides is 2. The highest BCUT2D eigenvalue weighted by Gasteiger charge is 2.34. The first kappa shape index (κ1) is 22.1. The number of fused-ring (bicyclic) bond motifs is 1. The van der Waals surface area contributed by atoms with Crippen LogP contribution < -0.4 is 15.0 Å². The maximum atomic E-state index is 13.0. The number of rotatable bonds is 5. The summed E-state index contributed by atoms with van der Waals surface area (Å²) < 4.78 is 11.4. The lowest BCUT2D eigenvalue weighted by Gasteiger charge is -2.38. The minimum Gasteiger partial charge on any atom is -0.477 e. The zero-order valence-corrected chi connectivity index (χ0v) is 19.0. The second-order valence-corrected chi connectivity index (χ2v) is 8.53. The molecule has 0 bridgehead atoms. The molecule has 0 radical (unpaired) electrons. The molecular formula is C25H31N3O4. The van der Waals surface area contributed by atoms with Gasteiger partial charge in [0.1, 0.15) is 5.75 Å². The summed E-state index contributed by atoms with van der Waals surface area (Å²) in [5.74, 6) is 0.474. The molecule has 170 valence electrons. The van der Waals surface area contributed by atoms with Gasteiger partial charge in [-0.25, -0.2) is 0 Å². The molecule has 0 aromatic heterocycles. The van der Waals surface area contributed by atoms with E-state index in [0.29, 0.717) is 38.6 Å². The third kappa shape index (κ3) is 4.88. The van der Waals surface area contributed by atoms with E-state index in [1.165, 1.54) is 11.1 Å². The van der Waals surface area contributed by atoms with Crippen molar-refractivity contribution < 1.29 is 19.1 Å². The molecule has 2 amide bonds. The molecule has 2 unspecified atom stereocenters. The molecular weight excluding hydrogens is 406 g/mol. The van der Waals surface area contributed by atoms with Crippen molar-refractivity contribution in [3.05, 3.63) is 59.2 Å². The van der Waals surface area contributed by atoms with Crippen LogP contribution in [0.5, 0.6) is 5.75 Å². The normalized spacial score (nSPS) is 19.0. The highest BCUT2D eigenvalue weighted by atomic mass is 16.5. The van der Waals surface area contributed by atoms with E-state index in [2.05, 4.69) is 31.3 Å². The number of carbonyl (C=O) groups excluding carboxylic acids is 2. The molecule has 0 spiro atoms. The fourth-order valence-electron chi connectivity index (χ4n) is 4.15. The van der Waals surface area contributed by atoms with Gasteiger partial charge in [0.05, 0.1) is 38.0 Å². The summed E-state index contributed by atoms with van der Waals surface area (Å²) in [4.78, 5) is 29.7. The molecule has 2 aliphatic heterocycles. The summed E-state index contributed by atoms with van der Waals surface area (Å²) in [5.41, 5.74) is 4.33. The van der Waals surface area contributed by atoms with E-state index < -0.39 is 6.10 Å². The molecule has 4 rings (SSSR count). The summed E-state index contributed by atoms with van der Waals surface area (Å²) in [5, 5.41) is 3.10. The molecule has 2 aromatic carbocycles. The molecule has 0 saturated carbocycles. The maximum absolute atomic E-state index is 13.0. The van der Waals surface area contributed by atoms with E-state index in [-0.39, 0.29) is 24.4 Å². The number of carbonyl (C=O) groups is 2. The Kier molecular flexibility index (Phi) is 6.65. The third-order valence-electron chi connectivity index (χ3n) is 6.20. The Balaban J connectivity index is 1.45. The largest absolute Gasteiger partial charge is 0.477 e. The van der Waals surface area contributed by atoms with Crippen molar-refractivity contribution in [2.24, 2.45) is 0 Å². The van der Waals surface area contributed by atoms with Gasteiger partial charge in [0.15, 0.2) is 6.10 Å². The van der Waals surface area contributed by atoms with Gasteiger partial charge in [0, 0.05) is 13.1 Å². The highest BCUT2D eigenvalue weighted by molar-refractivity contribution is 5.86. The monoisotopic (exact) mass is 437 g/mol. The minimum absolute atomic E-state index is 0.0586. The third-order valence-corrected chi connectivity index (χ3v) is 6.20. The maximum Gasteiger partial charge on any atom is 0.265 e. The average molecular weight is 438 g/mol. The predicted molar refractivity (Wildman–Crippen MR) is 123 cm³/mol. The Hall–Kier alpha value is -3.06. The first-order valence-electron chi connectivity index (χ1n) is 11.2. The lowest BCUT2D eigenvalue weighted by atomic mass is 10.0. The first-order valence-corrected chi connectivity index (χ1v) is 11.2. The summed E-state index contributed by atoms with van der Waals surface area (Å²) in [7, 11) is 0. The molecule has 1 fully saturated rings. The smallest absolute Gasteiger partial charge is 0.265 e. The average Bonchev–Trinajstić information content (AvgIpc) is 2.80. The number of para-hydroxylation sites is 2. The van der Waals surface area contributed by atoms with Gasteiger partial charge in [-0.2, -0.15) is 0 Å². The van der Waals surface area contributed by atoms with Crippen LogP contribution in [0.4, 0.5) is 5.69 Å². The van der Waals surface area contributed by atoms with Crippen LogP contribution in [0.25, 0.3) is 0 Å². The number of nitrogens with zero attached hydrogens (tertiary/aromatic N) is 2. The van der Waals surface area contributed by atoms with E-state index in [1.54, 1.807) is 4.90 Å². The Morgan fingerprint density at radius 2 is 1.84 bits per heavy atom. The zero-order valence-electron chi connectivity index (χ0n) is 19.0. The fraction of sp³-hybridized carbons (Fsp3) is 0.440. The second kappa shape index (κ2) is 9.61. The number of aryl methyl sites for hydroxylation is 2. The quantitative estimate of drug-likeness (QED) is 0.779. The van der Waals surface area contributed by atoms with Crippen LogP contribution in [0, 0.1) is 13.8 Å². The van der Waals surface area contributed by atoms with Crippen molar-refractivity contribution in [1.29, 1.82) is 0 Å². The first-order chi connectivity index (χ1) is 15.4. The molecule has 1 saturated heterocycles. The number of morpholine rings is 1. The molecule has 2 aromatic rings.